The van der Waals surface area contributed by atoms with Crippen molar-refractivity contribution in [3.05, 3.63) is 23.8 Å². The molecule has 1 aliphatic rings. The zero-order valence-electron chi connectivity index (χ0n) is 13.6. The van der Waals surface area contributed by atoms with Crippen molar-refractivity contribution in [3.63, 3.8) is 0 Å². The summed E-state index contributed by atoms with van der Waals surface area (Å²) in [7, 11) is -0.774. The number of carboxylic acids is 1. The minimum atomic E-state index is -3.63. The number of sulfonamides is 1. The highest BCUT2D eigenvalue weighted by Gasteiger charge is 2.34. The van der Waals surface area contributed by atoms with Crippen molar-refractivity contribution in [1.82, 2.24) is 4.31 Å². The maximum Gasteiger partial charge on any atom is 0.332 e. The Morgan fingerprint density at radius 2 is 1.88 bits per heavy atom. The van der Waals surface area contributed by atoms with Crippen LogP contribution < -0.4 is 5.32 Å². The van der Waals surface area contributed by atoms with Crippen molar-refractivity contribution < 1.29 is 27.9 Å². The number of carboxylic acid groups (broad SMARTS) is 1. The van der Waals surface area contributed by atoms with Crippen LogP contribution in [0.15, 0.2) is 23.1 Å². The number of nitrogens with zero attached hydrogens (tertiary/aromatic N) is 1. The fourth-order valence-corrected chi connectivity index (χ4v) is 3.53. The summed E-state index contributed by atoms with van der Waals surface area (Å²) >= 11 is 0. The molecule has 0 bridgehead atoms. The van der Waals surface area contributed by atoms with E-state index in [0.717, 1.165) is 4.31 Å². The molecule has 24 heavy (non-hydrogen) atoms. The van der Waals surface area contributed by atoms with E-state index in [2.05, 4.69) is 5.32 Å². The van der Waals surface area contributed by atoms with E-state index in [1.807, 2.05) is 0 Å². The topological polar surface area (TPSA) is 113 Å². The molecule has 1 aromatic rings. The maximum atomic E-state index is 12.3. The summed E-state index contributed by atoms with van der Waals surface area (Å²) in [5.41, 5.74) is 0.873. The number of aryl methyl sites for hydroxylation is 1. The molecule has 0 aromatic heterocycles. The highest BCUT2D eigenvalue weighted by atomic mass is 32.2. The van der Waals surface area contributed by atoms with Gasteiger partial charge in [0.05, 0.1) is 4.90 Å². The summed E-state index contributed by atoms with van der Waals surface area (Å²) in [6.07, 6.45) is -1.27. The van der Waals surface area contributed by atoms with E-state index < -0.39 is 34.1 Å². The molecule has 0 radical (unpaired) electrons. The quantitative estimate of drug-likeness (QED) is 0.807. The summed E-state index contributed by atoms with van der Waals surface area (Å²) in [4.78, 5) is 23.1. The van der Waals surface area contributed by atoms with Crippen LogP contribution in [0.1, 0.15) is 18.4 Å². The standard InChI is InChI=1S/C15H20N2O6S/c1-9-4-5-10(8-13(9)24(21,22)17(2)3)16-14(18)11-6-7-12(23-11)15(19)20/h4-5,8,11-12H,6-7H2,1-3H3,(H,16,18)(H,19,20)/t11-,12+/m0/s1. The molecule has 9 heteroatoms. The second-order valence-electron chi connectivity index (χ2n) is 5.79. The molecule has 0 saturated carbocycles. The maximum absolute atomic E-state index is 12.3. The Bertz CT molecular complexity index is 759. The lowest BCUT2D eigenvalue weighted by Gasteiger charge is -2.16. The van der Waals surface area contributed by atoms with E-state index in [0.29, 0.717) is 17.7 Å². The molecule has 1 aliphatic heterocycles. The molecule has 2 atom stereocenters. The molecule has 1 fully saturated rings. The van der Waals surface area contributed by atoms with Gasteiger partial charge in [-0.2, -0.15) is 0 Å². The van der Waals surface area contributed by atoms with Crippen LogP contribution in [0.4, 0.5) is 5.69 Å². The zero-order chi connectivity index (χ0) is 18.1. The lowest BCUT2D eigenvalue weighted by Crippen LogP contribution is -2.30. The summed E-state index contributed by atoms with van der Waals surface area (Å²) in [6.45, 7) is 1.67. The molecular weight excluding hydrogens is 336 g/mol. The summed E-state index contributed by atoms with van der Waals surface area (Å²) in [5.74, 6) is -1.59. The summed E-state index contributed by atoms with van der Waals surface area (Å²) in [5, 5.41) is 11.5. The van der Waals surface area contributed by atoms with Gasteiger partial charge in [0.25, 0.3) is 5.91 Å². The monoisotopic (exact) mass is 356 g/mol. The molecule has 1 heterocycles. The Morgan fingerprint density at radius 1 is 1.25 bits per heavy atom. The lowest BCUT2D eigenvalue weighted by atomic mass is 10.2. The molecule has 8 nitrogen and oxygen atoms in total. The van der Waals surface area contributed by atoms with E-state index in [9.17, 15) is 18.0 Å². The number of benzene rings is 1. The SMILES string of the molecule is Cc1ccc(NC(=O)[C@@H]2CC[C@H](C(=O)O)O2)cc1S(=O)(=O)N(C)C. The average Bonchev–Trinajstić information content (AvgIpc) is 2.99. The Labute approximate surface area is 140 Å². The lowest BCUT2D eigenvalue weighted by molar-refractivity contribution is -0.150. The van der Waals surface area contributed by atoms with Gasteiger partial charge in [0.1, 0.15) is 6.10 Å². The largest absolute Gasteiger partial charge is 0.479 e. The molecule has 1 saturated heterocycles. The number of carbonyl (C=O) groups is 2. The van der Waals surface area contributed by atoms with Crippen molar-refractivity contribution in [3.8, 4) is 0 Å². The van der Waals surface area contributed by atoms with Crippen LogP contribution >= 0.6 is 0 Å². The van der Waals surface area contributed by atoms with E-state index in [4.69, 9.17) is 9.84 Å². The molecular formula is C15H20N2O6S. The van der Waals surface area contributed by atoms with E-state index in [-0.39, 0.29) is 11.3 Å². The molecule has 0 spiro atoms. The second-order valence-corrected chi connectivity index (χ2v) is 7.91. The van der Waals surface area contributed by atoms with E-state index >= 15 is 0 Å². The smallest absolute Gasteiger partial charge is 0.332 e. The predicted octanol–water partition coefficient (Wildman–Crippen LogP) is 0.816. The third-order valence-corrected chi connectivity index (χ3v) is 5.76. The second kappa shape index (κ2) is 6.88. The highest BCUT2D eigenvalue weighted by molar-refractivity contribution is 7.89. The van der Waals surface area contributed by atoms with Gasteiger partial charge in [-0.3, -0.25) is 4.79 Å². The number of hydrogen-bond donors (Lipinski definition) is 2. The average molecular weight is 356 g/mol. The first-order valence-corrected chi connectivity index (χ1v) is 8.79. The fourth-order valence-electron chi connectivity index (χ4n) is 2.39. The number of aliphatic carboxylic acids is 1. The number of nitrogens with one attached hydrogen (secondary N) is 1. The van der Waals surface area contributed by atoms with Gasteiger partial charge in [-0.05, 0) is 37.5 Å². The van der Waals surface area contributed by atoms with Crippen LogP contribution in [0.5, 0.6) is 0 Å². The van der Waals surface area contributed by atoms with E-state index in [1.165, 1.54) is 20.2 Å². The van der Waals surface area contributed by atoms with Crippen LogP contribution in [-0.2, 0) is 24.3 Å². The van der Waals surface area contributed by atoms with Crippen LogP contribution in [0.3, 0.4) is 0 Å². The van der Waals surface area contributed by atoms with Crippen molar-refractivity contribution in [2.24, 2.45) is 0 Å². The molecule has 0 unspecified atom stereocenters. The molecule has 0 aliphatic carbocycles. The van der Waals surface area contributed by atoms with Crippen molar-refractivity contribution >= 4 is 27.6 Å². The predicted molar refractivity (Wildman–Crippen MR) is 86.2 cm³/mol. The van der Waals surface area contributed by atoms with Crippen LogP contribution in [0.25, 0.3) is 0 Å². The van der Waals surface area contributed by atoms with Gasteiger partial charge in [-0.15, -0.1) is 0 Å². The van der Waals surface area contributed by atoms with Gasteiger partial charge in [0, 0.05) is 19.8 Å². The highest BCUT2D eigenvalue weighted by Crippen LogP contribution is 2.24. The third kappa shape index (κ3) is 3.74. The van der Waals surface area contributed by atoms with Gasteiger partial charge in [-0.1, -0.05) is 6.07 Å². The first kappa shape index (κ1) is 18.4. The number of anilines is 1. The normalized spacial score (nSPS) is 21.0. The zero-order valence-corrected chi connectivity index (χ0v) is 14.5. The minimum Gasteiger partial charge on any atom is -0.479 e. The number of ether oxygens (including phenoxy) is 1. The number of hydrogen-bond acceptors (Lipinski definition) is 5. The molecule has 2 N–H and O–H groups in total. The van der Waals surface area contributed by atoms with Gasteiger partial charge < -0.3 is 15.2 Å². The first-order chi connectivity index (χ1) is 11.1. The van der Waals surface area contributed by atoms with Crippen LogP contribution in [0, 0.1) is 6.92 Å². The number of amides is 1. The Morgan fingerprint density at radius 3 is 2.42 bits per heavy atom. The first-order valence-electron chi connectivity index (χ1n) is 7.35. The molecule has 132 valence electrons. The van der Waals surface area contributed by atoms with Crippen molar-refractivity contribution in [1.29, 1.82) is 0 Å². The van der Waals surface area contributed by atoms with Gasteiger partial charge in [-0.25, -0.2) is 17.5 Å². The number of carbonyl (C=O) groups excluding carboxylic acids is 1. The van der Waals surface area contributed by atoms with Crippen molar-refractivity contribution in [2.75, 3.05) is 19.4 Å². The minimum absolute atomic E-state index is 0.0982. The van der Waals surface area contributed by atoms with Gasteiger partial charge >= 0.3 is 5.97 Å². The van der Waals surface area contributed by atoms with Crippen LogP contribution in [-0.4, -0.2) is 56.0 Å². The number of rotatable bonds is 5. The third-order valence-electron chi connectivity index (χ3n) is 3.80. The summed E-state index contributed by atoms with van der Waals surface area (Å²) < 4.78 is 30.9. The Balaban J connectivity index is 2.17. The van der Waals surface area contributed by atoms with Crippen molar-refractivity contribution in [2.45, 2.75) is 36.9 Å². The Hall–Kier alpha value is -1.97. The summed E-state index contributed by atoms with van der Waals surface area (Å²) in [6, 6.07) is 4.57. The molecule has 1 aromatic carbocycles. The van der Waals surface area contributed by atoms with E-state index in [1.54, 1.807) is 19.1 Å². The van der Waals surface area contributed by atoms with Gasteiger partial charge in [0.2, 0.25) is 10.0 Å². The van der Waals surface area contributed by atoms with Crippen LogP contribution in [0.2, 0.25) is 0 Å². The molecule has 1 amide bonds. The Kier molecular flexibility index (Phi) is 5.26. The molecule has 2 rings (SSSR count). The fraction of sp³-hybridized carbons (Fsp3) is 0.467. The van der Waals surface area contributed by atoms with Gasteiger partial charge in [0.15, 0.2) is 6.10 Å².